The molecule has 8 heteroatoms. The van der Waals surface area contributed by atoms with E-state index in [1.165, 1.54) is 6.07 Å². The van der Waals surface area contributed by atoms with Crippen LogP contribution in [0.2, 0.25) is 0 Å². The van der Waals surface area contributed by atoms with Crippen LogP contribution in [0.5, 0.6) is 5.75 Å². The topological polar surface area (TPSA) is 70.2 Å². The first-order valence-corrected chi connectivity index (χ1v) is 10.3. The van der Waals surface area contributed by atoms with Crippen LogP contribution in [0.4, 0.5) is 15.9 Å². The molecule has 0 atom stereocenters. The summed E-state index contributed by atoms with van der Waals surface area (Å²) in [5.74, 6) is 0.341. The van der Waals surface area contributed by atoms with Gasteiger partial charge in [-0.15, -0.1) is 0 Å². The van der Waals surface area contributed by atoms with E-state index < -0.39 is 0 Å². The highest BCUT2D eigenvalue weighted by molar-refractivity contribution is 9.10. The number of rotatable bonds is 6. The van der Waals surface area contributed by atoms with Crippen molar-refractivity contribution in [3.05, 3.63) is 82.1 Å². The summed E-state index contributed by atoms with van der Waals surface area (Å²) in [6.45, 7) is 0.0857. The number of hydrogen-bond donors (Lipinski definition) is 2. The second-order valence-corrected chi connectivity index (χ2v) is 8.12. The maximum Gasteiger partial charge on any atom is 0.256 e. The minimum Gasteiger partial charge on any atom is -0.489 e. The van der Waals surface area contributed by atoms with Crippen LogP contribution < -0.4 is 15.0 Å². The largest absolute Gasteiger partial charge is 0.489 e. The lowest BCUT2D eigenvalue weighted by Gasteiger charge is -2.12. The molecular weight excluding hydrogens is 463 g/mol. The highest BCUT2D eigenvalue weighted by Gasteiger charge is 2.13. The van der Waals surface area contributed by atoms with Gasteiger partial charge in [-0.25, -0.2) is 4.39 Å². The maximum absolute atomic E-state index is 14.0. The molecule has 1 aromatic heterocycles. The van der Waals surface area contributed by atoms with E-state index in [-0.39, 0.29) is 18.3 Å². The van der Waals surface area contributed by atoms with Gasteiger partial charge in [0.15, 0.2) is 5.82 Å². The number of amides is 1. The predicted octanol–water partition coefficient (Wildman–Crippen LogP) is 5.36. The minimum atomic E-state index is -0.341. The van der Waals surface area contributed by atoms with Crippen LogP contribution in [0, 0.1) is 5.82 Å². The van der Waals surface area contributed by atoms with Gasteiger partial charge < -0.3 is 15.0 Å². The molecule has 1 amide bonds. The number of benzene rings is 3. The fourth-order valence-corrected chi connectivity index (χ4v) is 3.40. The van der Waals surface area contributed by atoms with Gasteiger partial charge in [0.2, 0.25) is 0 Å². The Morgan fingerprint density at radius 3 is 2.61 bits per heavy atom. The Morgan fingerprint density at radius 2 is 1.90 bits per heavy atom. The molecule has 0 saturated heterocycles. The summed E-state index contributed by atoms with van der Waals surface area (Å²) in [6, 6.07) is 17.5. The average Bonchev–Trinajstić information content (AvgIpc) is 3.15. The highest BCUT2D eigenvalue weighted by Crippen LogP contribution is 2.27. The number of H-pyrrole nitrogens is 1. The summed E-state index contributed by atoms with van der Waals surface area (Å²) >= 11 is 3.24. The molecule has 0 saturated carbocycles. The van der Waals surface area contributed by atoms with E-state index in [2.05, 4.69) is 31.4 Å². The Balaban J connectivity index is 1.50. The van der Waals surface area contributed by atoms with Crippen molar-refractivity contribution in [2.75, 3.05) is 24.3 Å². The second kappa shape index (κ2) is 8.77. The Bertz CT molecular complexity index is 1240. The molecule has 0 radical (unpaired) electrons. The second-order valence-electron chi connectivity index (χ2n) is 7.20. The van der Waals surface area contributed by atoms with Crippen molar-refractivity contribution in [3.8, 4) is 5.75 Å². The van der Waals surface area contributed by atoms with Gasteiger partial charge in [-0.05, 0) is 54.6 Å². The molecule has 0 aliphatic heterocycles. The maximum atomic E-state index is 14.0. The van der Waals surface area contributed by atoms with Crippen molar-refractivity contribution < 1.29 is 13.9 Å². The molecule has 0 bridgehead atoms. The average molecular weight is 483 g/mol. The zero-order chi connectivity index (χ0) is 22.0. The lowest BCUT2D eigenvalue weighted by molar-refractivity contribution is 0.102. The van der Waals surface area contributed by atoms with Gasteiger partial charge in [-0.3, -0.25) is 9.89 Å². The molecule has 0 spiro atoms. The van der Waals surface area contributed by atoms with E-state index >= 15 is 0 Å². The molecule has 0 fully saturated rings. The molecule has 6 nitrogen and oxygen atoms in total. The number of halogens is 2. The van der Waals surface area contributed by atoms with Crippen LogP contribution >= 0.6 is 15.9 Å². The van der Waals surface area contributed by atoms with Gasteiger partial charge >= 0.3 is 0 Å². The Morgan fingerprint density at radius 1 is 1.13 bits per heavy atom. The number of hydrogen-bond acceptors (Lipinski definition) is 4. The third-order valence-corrected chi connectivity index (χ3v) is 5.31. The van der Waals surface area contributed by atoms with Crippen LogP contribution in [0.25, 0.3) is 10.9 Å². The fourth-order valence-electron chi connectivity index (χ4n) is 3.07. The first-order valence-electron chi connectivity index (χ1n) is 9.54. The molecule has 1 heterocycles. The monoisotopic (exact) mass is 482 g/mol. The molecule has 4 rings (SSSR count). The molecule has 2 N–H and O–H groups in total. The Labute approximate surface area is 187 Å². The number of carbonyl (C=O) groups excluding carboxylic acids is 1. The van der Waals surface area contributed by atoms with Gasteiger partial charge in [0.25, 0.3) is 5.91 Å². The number of nitrogens with one attached hydrogen (secondary N) is 2. The van der Waals surface area contributed by atoms with Crippen LogP contribution in [0.1, 0.15) is 15.9 Å². The van der Waals surface area contributed by atoms with Crippen LogP contribution in [-0.4, -0.2) is 30.2 Å². The predicted molar refractivity (Wildman–Crippen MR) is 123 cm³/mol. The Hall–Kier alpha value is -3.39. The van der Waals surface area contributed by atoms with Crippen molar-refractivity contribution in [1.29, 1.82) is 0 Å². The van der Waals surface area contributed by atoms with E-state index in [4.69, 9.17) is 4.74 Å². The molecule has 31 heavy (non-hydrogen) atoms. The molecule has 0 aliphatic carbocycles. The molecular formula is C23H20BrFN4O2. The van der Waals surface area contributed by atoms with E-state index in [9.17, 15) is 9.18 Å². The quantitative estimate of drug-likeness (QED) is 0.388. The molecule has 3 aromatic carbocycles. The van der Waals surface area contributed by atoms with Gasteiger partial charge in [-0.2, -0.15) is 5.10 Å². The third kappa shape index (κ3) is 4.69. The standard InChI is InChI=1S/C23H20BrFN4O2/c1-29(2)17-7-4-14(5-8-17)23(30)26-22-19-12-18(9-10-21(19)27-28-22)31-13-15-3-6-16(24)11-20(15)25/h3-12H,13H2,1-2H3,(H2,26,27,28,30). The Kier molecular flexibility index (Phi) is 5.90. The van der Waals surface area contributed by atoms with Crippen molar-refractivity contribution in [2.45, 2.75) is 6.61 Å². The van der Waals surface area contributed by atoms with Crippen molar-refractivity contribution in [3.63, 3.8) is 0 Å². The first kappa shape index (κ1) is 20.9. The number of ether oxygens (including phenoxy) is 1. The van der Waals surface area contributed by atoms with Crippen molar-refractivity contribution in [1.82, 2.24) is 10.2 Å². The van der Waals surface area contributed by atoms with Crippen LogP contribution in [0.15, 0.2) is 65.1 Å². The summed E-state index contributed by atoms with van der Waals surface area (Å²) in [7, 11) is 3.88. The fraction of sp³-hybridized carbons (Fsp3) is 0.130. The minimum absolute atomic E-state index is 0.0857. The molecule has 0 aliphatic rings. The molecule has 158 valence electrons. The lowest BCUT2D eigenvalue weighted by Crippen LogP contribution is -2.13. The normalized spacial score (nSPS) is 10.8. The lowest BCUT2D eigenvalue weighted by atomic mass is 10.2. The van der Waals surface area contributed by atoms with Crippen molar-refractivity contribution in [2.24, 2.45) is 0 Å². The van der Waals surface area contributed by atoms with Crippen molar-refractivity contribution >= 4 is 44.2 Å². The van der Waals surface area contributed by atoms with Gasteiger partial charge in [0.05, 0.1) is 5.52 Å². The smallest absolute Gasteiger partial charge is 0.256 e. The summed E-state index contributed by atoms with van der Waals surface area (Å²) in [5, 5.41) is 10.6. The third-order valence-electron chi connectivity index (χ3n) is 4.82. The van der Waals surface area contributed by atoms with E-state index in [0.717, 1.165) is 11.2 Å². The number of nitrogens with zero attached hydrogens (tertiary/aromatic N) is 2. The summed E-state index contributed by atoms with van der Waals surface area (Å²) in [6.07, 6.45) is 0. The SMILES string of the molecule is CN(C)c1ccc(C(=O)Nc2n[nH]c3ccc(OCc4ccc(Br)cc4F)cc23)cc1. The number of carbonyl (C=O) groups is 1. The summed E-state index contributed by atoms with van der Waals surface area (Å²) in [4.78, 5) is 14.6. The zero-order valence-corrected chi connectivity index (χ0v) is 18.5. The molecule has 0 unspecified atom stereocenters. The van der Waals surface area contributed by atoms with Gasteiger partial charge in [-0.1, -0.05) is 22.0 Å². The van der Waals surface area contributed by atoms with Crippen LogP contribution in [-0.2, 0) is 6.61 Å². The highest BCUT2D eigenvalue weighted by atomic mass is 79.9. The first-order chi connectivity index (χ1) is 14.9. The van der Waals surface area contributed by atoms with Gasteiger partial charge in [0, 0.05) is 40.8 Å². The van der Waals surface area contributed by atoms with E-state index in [0.29, 0.717) is 32.6 Å². The number of anilines is 2. The number of aromatic amines is 1. The van der Waals surface area contributed by atoms with E-state index in [1.807, 2.05) is 31.1 Å². The zero-order valence-electron chi connectivity index (χ0n) is 16.9. The summed E-state index contributed by atoms with van der Waals surface area (Å²) < 4.78 is 20.4. The number of fused-ring (bicyclic) bond motifs is 1. The van der Waals surface area contributed by atoms with Gasteiger partial charge in [0.1, 0.15) is 18.2 Å². The summed E-state index contributed by atoms with van der Waals surface area (Å²) in [5.41, 5.74) is 2.73. The van der Waals surface area contributed by atoms with E-state index in [1.54, 1.807) is 42.5 Å². The molecule has 4 aromatic rings. The number of aromatic nitrogens is 2. The van der Waals surface area contributed by atoms with Crippen LogP contribution in [0.3, 0.4) is 0 Å².